The molecule has 0 atom stereocenters. The van der Waals surface area contributed by atoms with Gasteiger partial charge in [0.2, 0.25) is 0 Å². The average Bonchev–Trinajstić information content (AvgIpc) is 2.70. The number of nitrogens with one attached hydrogen (secondary N) is 1. The molecule has 5 heteroatoms. The summed E-state index contributed by atoms with van der Waals surface area (Å²) in [6.45, 7) is 0. The maximum absolute atomic E-state index is 10.7. The predicted molar refractivity (Wildman–Crippen MR) is 105 cm³/mol. The summed E-state index contributed by atoms with van der Waals surface area (Å²) in [6.07, 6.45) is 3.92. The van der Waals surface area contributed by atoms with E-state index in [0.717, 1.165) is 16.8 Å². The molecule has 0 unspecified atom stereocenters. The second-order valence-corrected chi connectivity index (χ2v) is 5.52. The van der Waals surface area contributed by atoms with Gasteiger partial charge in [-0.2, -0.15) is 5.10 Å². The van der Waals surface area contributed by atoms with Crippen LogP contribution in [0.1, 0.15) is 11.1 Å². The first-order valence-corrected chi connectivity index (χ1v) is 8.09. The zero-order valence-electron chi connectivity index (χ0n) is 13.9. The highest BCUT2D eigenvalue weighted by Gasteiger charge is 2.04. The number of hydrogen-bond acceptors (Lipinski definition) is 4. The van der Waals surface area contributed by atoms with Gasteiger partial charge in [0.25, 0.3) is 5.69 Å². The quantitative estimate of drug-likeness (QED) is 0.383. The van der Waals surface area contributed by atoms with Gasteiger partial charge in [0.1, 0.15) is 0 Å². The number of non-ortho nitro benzene ring substituents is 1. The number of anilines is 1. The van der Waals surface area contributed by atoms with Crippen molar-refractivity contribution >= 4 is 23.2 Å². The van der Waals surface area contributed by atoms with Crippen molar-refractivity contribution in [3.63, 3.8) is 0 Å². The standard InChI is InChI=1S/C21H17N3O2/c25-24(26)20-14-12-19(13-15-20)22-23-21(18-9-5-2-6-10-18)16-11-17-7-3-1-4-8-17/h1-16,22H/b16-11+,23-21-. The van der Waals surface area contributed by atoms with Crippen molar-refractivity contribution in [2.75, 3.05) is 5.43 Å². The molecule has 0 aliphatic heterocycles. The molecular weight excluding hydrogens is 326 g/mol. The topological polar surface area (TPSA) is 67.5 Å². The van der Waals surface area contributed by atoms with Crippen molar-refractivity contribution in [3.05, 3.63) is 112 Å². The van der Waals surface area contributed by atoms with Gasteiger partial charge in [0, 0.05) is 17.7 Å². The lowest BCUT2D eigenvalue weighted by atomic mass is 10.1. The fourth-order valence-corrected chi connectivity index (χ4v) is 2.33. The molecule has 0 aliphatic rings. The highest BCUT2D eigenvalue weighted by molar-refractivity contribution is 6.11. The molecule has 5 nitrogen and oxygen atoms in total. The third kappa shape index (κ3) is 4.64. The van der Waals surface area contributed by atoms with Gasteiger partial charge in [0.15, 0.2) is 0 Å². The van der Waals surface area contributed by atoms with Crippen LogP contribution in [0.15, 0.2) is 96.1 Å². The van der Waals surface area contributed by atoms with E-state index in [1.54, 1.807) is 12.1 Å². The lowest BCUT2D eigenvalue weighted by Crippen LogP contribution is -2.01. The van der Waals surface area contributed by atoms with Gasteiger partial charge in [0.05, 0.1) is 16.3 Å². The van der Waals surface area contributed by atoms with E-state index < -0.39 is 4.92 Å². The molecule has 0 heterocycles. The van der Waals surface area contributed by atoms with E-state index in [2.05, 4.69) is 10.5 Å². The number of nitro groups is 1. The first-order valence-electron chi connectivity index (χ1n) is 8.09. The second-order valence-electron chi connectivity index (χ2n) is 5.52. The summed E-state index contributed by atoms with van der Waals surface area (Å²) in [7, 11) is 0. The minimum absolute atomic E-state index is 0.0479. The summed E-state index contributed by atoms with van der Waals surface area (Å²) < 4.78 is 0. The number of rotatable bonds is 6. The molecule has 0 bridgehead atoms. The number of allylic oxidation sites excluding steroid dienone is 1. The van der Waals surface area contributed by atoms with Gasteiger partial charge in [-0.05, 0) is 23.8 Å². The maximum Gasteiger partial charge on any atom is 0.269 e. The fraction of sp³-hybridized carbons (Fsp3) is 0. The van der Waals surface area contributed by atoms with Crippen LogP contribution < -0.4 is 5.43 Å². The highest BCUT2D eigenvalue weighted by atomic mass is 16.6. The second kappa shape index (κ2) is 8.39. The molecule has 3 aromatic rings. The van der Waals surface area contributed by atoms with Gasteiger partial charge in [-0.3, -0.25) is 15.5 Å². The molecule has 0 saturated heterocycles. The molecule has 0 radical (unpaired) electrons. The number of nitrogens with zero attached hydrogens (tertiary/aromatic N) is 2. The summed E-state index contributed by atoms with van der Waals surface area (Å²) in [5.41, 5.74) is 6.49. The van der Waals surface area contributed by atoms with Gasteiger partial charge in [-0.1, -0.05) is 66.7 Å². The first kappa shape index (κ1) is 17.1. The van der Waals surface area contributed by atoms with Crippen molar-refractivity contribution in [2.45, 2.75) is 0 Å². The smallest absolute Gasteiger partial charge is 0.269 e. The van der Waals surface area contributed by atoms with Crippen LogP contribution in [0.4, 0.5) is 11.4 Å². The first-order chi connectivity index (χ1) is 12.7. The van der Waals surface area contributed by atoms with E-state index in [-0.39, 0.29) is 5.69 Å². The Hall–Kier alpha value is -3.73. The van der Waals surface area contributed by atoms with E-state index in [0.29, 0.717) is 5.69 Å². The zero-order valence-corrected chi connectivity index (χ0v) is 13.9. The van der Waals surface area contributed by atoms with Crippen LogP contribution in [0.25, 0.3) is 6.08 Å². The third-order valence-corrected chi connectivity index (χ3v) is 3.69. The number of benzene rings is 3. The molecular formula is C21H17N3O2. The monoisotopic (exact) mass is 343 g/mol. The van der Waals surface area contributed by atoms with Crippen molar-refractivity contribution in [2.24, 2.45) is 5.10 Å². The van der Waals surface area contributed by atoms with Gasteiger partial charge in [-0.15, -0.1) is 0 Å². The average molecular weight is 343 g/mol. The lowest BCUT2D eigenvalue weighted by Gasteiger charge is -2.05. The van der Waals surface area contributed by atoms with Crippen LogP contribution in [0.5, 0.6) is 0 Å². The SMILES string of the molecule is O=[N+]([O-])c1ccc(N/N=C(/C=C/c2ccccc2)c2ccccc2)cc1. The number of hydrazone groups is 1. The Morgan fingerprint density at radius 1 is 0.885 bits per heavy atom. The van der Waals surface area contributed by atoms with Crippen molar-refractivity contribution in [1.29, 1.82) is 0 Å². The molecule has 3 rings (SSSR count). The zero-order chi connectivity index (χ0) is 18.2. The lowest BCUT2D eigenvalue weighted by molar-refractivity contribution is -0.384. The van der Waals surface area contributed by atoms with Crippen LogP contribution in [0, 0.1) is 10.1 Å². The number of hydrogen-bond donors (Lipinski definition) is 1. The normalized spacial score (nSPS) is 11.5. The maximum atomic E-state index is 10.7. The van der Waals surface area contributed by atoms with E-state index in [4.69, 9.17) is 0 Å². The summed E-state index contributed by atoms with van der Waals surface area (Å²) in [4.78, 5) is 10.3. The van der Waals surface area contributed by atoms with Crippen molar-refractivity contribution in [3.8, 4) is 0 Å². The molecule has 26 heavy (non-hydrogen) atoms. The van der Waals surface area contributed by atoms with Crippen LogP contribution >= 0.6 is 0 Å². The van der Waals surface area contributed by atoms with Crippen LogP contribution in [0.3, 0.4) is 0 Å². The molecule has 0 saturated carbocycles. The Morgan fingerprint density at radius 2 is 1.50 bits per heavy atom. The van der Waals surface area contributed by atoms with Crippen molar-refractivity contribution < 1.29 is 4.92 Å². The summed E-state index contributed by atoms with van der Waals surface area (Å²) in [5.74, 6) is 0. The molecule has 0 fully saturated rings. The molecule has 0 amide bonds. The van der Waals surface area contributed by atoms with Crippen LogP contribution in [-0.4, -0.2) is 10.6 Å². The van der Waals surface area contributed by atoms with Crippen LogP contribution in [-0.2, 0) is 0 Å². The van der Waals surface area contributed by atoms with Gasteiger partial charge >= 0.3 is 0 Å². The minimum Gasteiger partial charge on any atom is -0.278 e. The van der Waals surface area contributed by atoms with E-state index >= 15 is 0 Å². The molecule has 1 N–H and O–H groups in total. The Bertz CT molecular complexity index is 918. The molecule has 3 aromatic carbocycles. The largest absolute Gasteiger partial charge is 0.278 e. The molecule has 0 spiro atoms. The van der Waals surface area contributed by atoms with E-state index in [9.17, 15) is 10.1 Å². The fourth-order valence-electron chi connectivity index (χ4n) is 2.33. The Morgan fingerprint density at radius 3 is 2.12 bits per heavy atom. The Balaban J connectivity index is 1.84. The van der Waals surface area contributed by atoms with Crippen molar-refractivity contribution in [1.82, 2.24) is 0 Å². The van der Waals surface area contributed by atoms with Gasteiger partial charge < -0.3 is 0 Å². The number of nitro benzene ring substituents is 1. The third-order valence-electron chi connectivity index (χ3n) is 3.69. The summed E-state index contributed by atoms with van der Waals surface area (Å²) >= 11 is 0. The van der Waals surface area contributed by atoms with Gasteiger partial charge in [-0.25, -0.2) is 0 Å². The summed E-state index contributed by atoms with van der Waals surface area (Å²) in [6, 6.07) is 25.9. The Labute approximate surface area is 151 Å². The predicted octanol–water partition coefficient (Wildman–Crippen LogP) is 5.12. The molecule has 0 aliphatic carbocycles. The highest BCUT2D eigenvalue weighted by Crippen LogP contribution is 2.16. The minimum atomic E-state index is -0.426. The van der Waals surface area contributed by atoms with E-state index in [1.165, 1.54) is 12.1 Å². The Kier molecular flexibility index (Phi) is 5.52. The van der Waals surface area contributed by atoms with Crippen LogP contribution in [0.2, 0.25) is 0 Å². The molecule has 128 valence electrons. The van der Waals surface area contributed by atoms with E-state index in [1.807, 2.05) is 72.8 Å². The molecule has 0 aromatic heterocycles. The summed E-state index contributed by atoms with van der Waals surface area (Å²) in [5, 5.41) is 15.2.